The molecule has 33 heavy (non-hydrogen) atoms. The molecule has 5 aliphatic rings. The molecule has 0 spiro atoms. The Labute approximate surface area is 205 Å². The highest BCUT2D eigenvalue weighted by molar-refractivity contribution is 7.13. The van der Waals surface area contributed by atoms with Gasteiger partial charge in [-0.05, 0) is 62.3 Å². The fraction of sp³-hybridized carbons (Fsp3) is 0.464. The smallest absolute Gasteiger partial charge is 0.337 e. The summed E-state index contributed by atoms with van der Waals surface area (Å²) >= 11 is 1.89. The second kappa shape index (κ2) is 8.09. The molecule has 2 aromatic carbocycles. The Morgan fingerprint density at radius 3 is 2.21 bits per heavy atom. The van der Waals surface area contributed by atoms with Crippen LogP contribution in [0.5, 0.6) is 0 Å². The average molecular weight is 481 g/mol. The largest absolute Gasteiger partial charge is 1.00 e. The van der Waals surface area contributed by atoms with Gasteiger partial charge in [0.2, 0.25) is 0 Å². The first-order chi connectivity index (χ1) is 15.7. The van der Waals surface area contributed by atoms with Crippen molar-refractivity contribution in [3.8, 4) is 0 Å². The van der Waals surface area contributed by atoms with Crippen molar-refractivity contribution in [2.75, 3.05) is 4.90 Å². The minimum absolute atomic E-state index is 0. The molecule has 4 saturated carbocycles. The van der Waals surface area contributed by atoms with E-state index in [1.165, 1.54) is 49.2 Å². The summed E-state index contributed by atoms with van der Waals surface area (Å²) in [5.41, 5.74) is 4.09. The molecule has 1 aromatic heterocycles. The number of anilines is 1. The lowest BCUT2D eigenvalue weighted by molar-refractivity contribution is -0.682. The van der Waals surface area contributed by atoms with Crippen LogP contribution in [0.4, 0.5) is 9.52 Å². The van der Waals surface area contributed by atoms with Gasteiger partial charge in [-0.2, -0.15) is 0 Å². The second-order valence-corrected chi connectivity index (χ2v) is 11.7. The maximum Gasteiger partial charge on any atom is 0.337 e. The van der Waals surface area contributed by atoms with Crippen molar-refractivity contribution in [1.29, 1.82) is 0 Å². The zero-order valence-corrected chi connectivity index (χ0v) is 20.4. The van der Waals surface area contributed by atoms with Crippen molar-refractivity contribution in [2.24, 2.45) is 17.8 Å². The Balaban J connectivity index is 0.00000206. The van der Waals surface area contributed by atoms with Gasteiger partial charge in [0.05, 0.1) is 0 Å². The summed E-state index contributed by atoms with van der Waals surface area (Å²) in [6.07, 6.45) is 8.59. The van der Waals surface area contributed by atoms with Crippen LogP contribution >= 0.6 is 11.3 Å². The van der Waals surface area contributed by atoms with Gasteiger partial charge in [-0.15, -0.1) is 0 Å². The number of halogens is 2. The fourth-order valence-corrected chi connectivity index (χ4v) is 9.15. The Hall–Kier alpha value is -1.91. The van der Waals surface area contributed by atoms with Crippen LogP contribution in [-0.4, -0.2) is 0 Å². The topological polar surface area (TPSA) is 7.12 Å². The molecule has 172 valence electrons. The Kier molecular flexibility index (Phi) is 5.30. The lowest BCUT2D eigenvalue weighted by Gasteiger charge is -2.55. The van der Waals surface area contributed by atoms with Crippen LogP contribution < -0.4 is 21.9 Å². The standard InChI is InChI=1S/C28H30FN2S.ClH/c29-24-9-5-4-8-23(24)16-30-25(22-6-2-1-3-7-22)17-31-26(18-32-27(30)31)28-13-19-10-20(14-28)12-21(11-19)15-28;/h1-9,18-21,25H,10-17H2;1H/q+1;/p-1. The predicted molar refractivity (Wildman–Crippen MR) is 126 cm³/mol. The van der Waals surface area contributed by atoms with Crippen LogP contribution in [-0.2, 0) is 18.5 Å². The van der Waals surface area contributed by atoms with Gasteiger partial charge < -0.3 is 12.4 Å². The van der Waals surface area contributed by atoms with Gasteiger partial charge in [0.25, 0.3) is 0 Å². The van der Waals surface area contributed by atoms with Crippen molar-refractivity contribution in [2.45, 2.75) is 63.1 Å². The third kappa shape index (κ3) is 3.44. The van der Waals surface area contributed by atoms with Gasteiger partial charge >= 0.3 is 5.13 Å². The van der Waals surface area contributed by atoms with Crippen LogP contribution in [0.2, 0.25) is 0 Å². The summed E-state index contributed by atoms with van der Waals surface area (Å²) in [4.78, 5) is 2.46. The number of thiazole rings is 1. The van der Waals surface area contributed by atoms with E-state index in [2.05, 4.69) is 45.2 Å². The molecule has 4 bridgehead atoms. The van der Waals surface area contributed by atoms with Crippen molar-refractivity contribution < 1.29 is 21.4 Å². The SMILES string of the molecule is Fc1ccccc1CN1c2scc(C34CC5CC(CC(C5)C3)C4)[n+]2CC1c1ccccc1.[Cl-]. The minimum atomic E-state index is -0.101. The van der Waals surface area contributed by atoms with Gasteiger partial charge in [-0.25, -0.2) is 13.9 Å². The Morgan fingerprint density at radius 1 is 0.909 bits per heavy atom. The lowest BCUT2D eigenvalue weighted by atomic mass is 9.49. The summed E-state index contributed by atoms with van der Waals surface area (Å²) in [5, 5.41) is 3.78. The molecule has 4 aliphatic carbocycles. The van der Waals surface area contributed by atoms with E-state index in [0.29, 0.717) is 12.0 Å². The monoisotopic (exact) mass is 480 g/mol. The van der Waals surface area contributed by atoms with Crippen LogP contribution in [0.3, 0.4) is 0 Å². The number of hydrogen-bond donors (Lipinski definition) is 0. The van der Waals surface area contributed by atoms with Crippen LogP contribution in [0.25, 0.3) is 0 Å². The molecule has 0 radical (unpaired) electrons. The van der Waals surface area contributed by atoms with E-state index in [4.69, 9.17) is 0 Å². The molecule has 1 atom stereocenters. The summed E-state index contributed by atoms with van der Waals surface area (Å²) in [5.74, 6) is 2.73. The number of benzene rings is 2. The molecule has 3 aromatic rings. The third-order valence-electron chi connectivity index (χ3n) is 8.84. The Morgan fingerprint density at radius 2 is 1.55 bits per heavy atom. The molecule has 2 nitrogen and oxygen atoms in total. The molecule has 0 amide bonds. The van der Waals surface area contributed by atoms with Crippen molar-refractivity contribution in [3.63, 3.8) is 0 Å². The molecule has 1 aliphatic heterocycles. The first-order valence-corrected chi connectivity index (χ1v) is 13.1. The fourth-order valence-electron chi connectivity index (χ4n) is 7.93. The van der Waals surface area contributed by atoms with Crippen LogP contribution in [0.1, 0.15) is 61.4 Å². The molecule has 0 saturated heterocycles. The van der Waals surface area contributed by atoms with Gasteiger partial charge in [-0.3, -0.25) is 0 Å². The van der Waals surface area contributed by atoms with Crippen LogP contribution in [0, 0.1) is 23.6 Å². The summed E-state index contributed by atoms with van der Waals surface area (Å²) in [7, 11) is 0. The van der Waals surface area contributed by atoms with E-state index < -0.39 is 0 Å². The predicted octanol–water partition coefficient (Wildman–Crippen LogP) is 3.41. The van der Waals surface area contributed by atoms with E-state index in [1.54, 1.807) is 17.8 Å². The van der Waals surface area contributed by atoms with Gasteiger partial charge in [0.15, 0.2) is 6.04 Å². The third-order valence-corrected chi connectivity index (χ3v) is 9.85. The quantitative estimate of drug-likeness (QED) is 0.519. The average Bonchev–Trinajstić information content (AvgIpc) is 3.35. The first kappa shape index (κ1) is 21.6. The zero-order chi connectivity index (χ0) is 21.3. The zero-order valence-electron chi connectivity index (χ0n) is 18.8. The molecule has 5 heteroatoms. The van der Waals surface area contributed by atoms with E-state index in [0.717, 1.165) is 29.9 Å². The first-order valence-electron chi connectivity index (χ1n) is 12.3. The van der Waals surface area contributed by atoms with Crippen molar-refractivity contribution >= 4 is 16.5 Å². The second-order valence-electron chi connectivity index (χ2n) is 10.9. The summed E-state index contributed by atoms with van der Waals surface area (Å²) < 4.78 is 17.3. The van der Waals surface area contributed by atoms with Crippen molar-refractivity contribution in [1.82, 2.24) is 0 Å². The highest BCUT2D eigenvalue weighted by atomic mass is 35.5. The molecule has 4 fully saturated rings. The lowest BCUT2D eigenvalue weighted by Crippen LogP contribution is -3.00. The Bertz CT molecular complexity index is 1120. The van der Waals surface area contributed by atoms with Gasteiger partial charge in [0, 0.05) is 21.9 Å². The van der Waals surface area contributed by atoms with E-state index >= 15 is 0 Å². The molecule has 8 rings (SSSR count). The number of hydrogen-bond acceptors (Lipinski definition) is 2. The minimum Gasteiger partial charge on any atom is -1.00 e. The number of rotatable bonds is 4. The van der Waals surface area contributed by atoms with Gasteiger partial charge in [0.1, 0.15) is 24.6 Å². The maximum absolute atomic E-state index is 14.6. The highest BCUT2D eigenvalue weighted by Gasteiger charge is 2.56. The van der Waals surface area contributed by atoms with E-state index in [9.17, 15) is 4.39 Å². The summed E-state index contributed by atoms with van der Waals surface area (Å²) in [6.45, 7) is 1.60. The highest BCUT2D eigenvalue weighted by Crippen LogP contribution is 2.61. The molecule has 2 heterocycles. The molecular weight excluding hydrogens is 451 g/mol. The van der Waals surface area contributed by atoms with Crippen LogP contribution in [0.15, 0.2) is 60.0 Å². The molecule has 1 unspecified atom stereocenters. The number of fused-ring (bicyclic) bond motifs is 1. The summed E-state index contributed by atoms with van der Waals surface area (Å²) in [6, 6.07) is 18.4. The number of aromatic nitrogens is 1. The van der Waals surface area contributed by atoms with E-state index in [1.807, 2.05) is 23.5 Å². The van der Waals surface area contributed by atoms with Crippen molar-refractivity contribution in [3.05, 3.63) is 82.6 Å². The maximum atomic E-state index is 14.6. The van der Waals surface area contributed by atoms with E-state index in [-0.39, 0.29) is 24.3 Å². The molecular formula is C28H30ClFN2S. The normalized spacial score (nSPS) is 31.5. The number of nitrogens with zero attached hydrogens (tertiary/aromatic N) is 2. The molecule has 0 N–H and O–H groups in total. The van der Waals surface area contributed by atoms with Gasteiger partial charge in [-0.1, -0.05) is 59.9 Å².